The monoisotopic (exact) mass is 255 g/mol. The molecule has 1 heterocycles. The second-order valence-corrected chi connectivity index (χ2v) is 5.29. The first-order chi connectivity index (χ1) is 9.13. The molecule has 2 N–H and O–H groups in total. The molecule has 3 rings (SSSR count). The van der Waals surface area contributed by atoms with Crippen molar-refractivity contribution in [2.24, 2.45) is 11.7 Å². The van der Waals surface area contributed by atoms with Gasteiger partial charge in [-0.2, -0.15) is 5.10 Å². The Morgan fingerprint density at radius 3 is 2.89 bits per heavy atom. The third-order valence-corrected chi connectivity index (χ3v) is 3.61. The van der Waals surface area contributed by atoms with Crippen LogP contribution < -0.4 is 5.73 Å². The van der Waals surface area contributed by atoms with E-state index in [1.807, 2.05) is 42.2 Å². The minimum Gasteiger partial charge on any atom is -0.366 e. The van der Waals surface area contributed by atoms with Gasteiger partial charge in [0, 0.05) is 23.9 Å². The molecule has 1 aromatic carbocycles. The number of hydrogen-bond acceptors (Lipinski definition) is 2. The van der Waals surface area contributed by atoms with Crippen molar-refractivity contribution in [1.82, 2.24) is 9.78 Å². The molecule has 1 amide bonds. The molecule has 98 valence electrons. The fourth-order valence-electron chi connectivity index (χ4n) is 2.24. The van der Waals surface area contributed by atoms with E-state index >= 15 is 0 Å². The molecule has 1 aliphatic rings. The second-order valence-electron chi connectivity index (χ2n) is 5.29. The molecular formula is C15H17N3O. The van der Waals surface area contributed by atoms with Gasteiger partial charge in [-0.05, 0) is 42.9 Å². The quantitative estimate of drug-likeness (QED) is 0.911. The lowest BCUT2D eigenvalue weighted by atomic mass is 10.0. The Morgan fingerprint density at radius 2 is 2.21 bits per heavy atom. The average molecular weight is 255 g/mol. The highest BCUT2D eigenvalue weighted by molar-refractivity contribution is 5.95. The molecule has 2 aromatic rings. The molecule has 0 unspecified atom stereocenters. The highest BCUT2D eigenvalue weighted by Crippen LogP contribution is 2.31. The molecule has 1 aliphatic carbocycles. The largest absolute Gasteiger partial charge is 0.366 e. The number of benzene rings is 1. The van der Waals surface area contributed by atoms with E-state index in [4.69, 9.17) is 5.73 Å². The lowest BCUT2D eigenvalue weighted by molar-refractivity contribution is 0.1000. The number of aryl methyl sites for hydroxylation is 1. The molecule has 4 heteroatoms. The Morgan fingerprint density at radius 1 is 1.42 bits per heavy atom. The van der Waals surface area contributed by atoms with Crippen LogP contribution in [0.5, 0.6) is 0 Å². The van der Waals surface area contributed by atoms with Gasteiger partial charge in [0.15, 0.2) is 0 Å². The number of aromatic nitrogens is 2. The van der Waals surface area contributed by atoms with Crippen molar-refractivity contribution in [3.8, 4) is 11.1 Å². The maximum absolute atomic E-state index is 11.4. The molecule has 19 heavy (non-hydrogen) atoms. The number of nitrogens with two attached hydrogens (primary N) is 1. The van der Waals surface area contributed by atoms with Crippen LogP contribution in [0.15, 0.2) is 30.6 Å². The zero-order valence-corrected chi connectivity index (χ0v) is 11.0. The fourth-order valence-corrected chi connectivity index (χ4v) is 2.24. The standard InChI is InChI=1S/C15H17N3O/c1-10-2-5-12(6-14(10)15(16)19)13-7-17-18(9-13)8-11-3-4-11/h2,5-7,9,11H,3-4,8H2,1H3,(H2,16,19). The van der Waals surface area contributed by atoms with Crippen LogP contribution in [0.3, 0.4) is 0 Å². The van der Waals surface area contributed by atoms with Crippen LogP contribution >= 0.6 is 0 Å². The Balaban J connectivity index is 1.90. The first-order valence-electron chi connectivity index (χ1n) is 6.57. The average Bonchev–Trinajstić information content (AvgIpc) is 3.06. The number of hydrogen-bond donors (Lipinski definition) is 1. The van der Waals surface area contributed by atoms with E-state index in [0.29, 0.717) is 5.56 Å². The SMILES string of the molecule is Cc1ccc(-c2cnn(CC3CC3)c2)cc1C(N)=O. The lowest BCUT2D eigenvalue weighted by Gasteiger charge is -2.04. The van der Waals surface area contributed by atoms with Crippen LogP contribution in [0, 0.1) is 12.8 Å². The molecular weight excluding hydrogens is 238 g/mol. The van der Waals surface area contributed by atoms with Crippen molar-refractivity contribution in [2.75, 3.05) is 0 Å². The van der Waals surface area contributed by atoms with E-state index < -0.39 is 0 Å². The van der Waals surface area contributed by atoms with Crippen LogP contribution in [0.25, 0.3) is 11.1 Å². The molecule has 4 nitrogen and oxygen atoms in total. The van der Waals surface area contributed by atoms with Gasteiger partial charge in [-0.15, -0.1) is 0 Å². The summed E-state index contributed by atoms with van der Waals surface area (Å²) in [5.41, 5.74) is 8.88. The topological polar surface area (TPSA) is 60.9 Å². The van der Waals surface area contributed by atoms with E-state index in [-0.39, 0.29) is 5.91 Å². The Labute approximate surface area is 112 Å². The van der Waals surface area contributed by atoms with Crippen molar-refractivity contribution in [1.29, 1.82) is 0 Å². The van der Waals surface area contributed by atoms with E-state index in [9.17, 15) is 4.79 Å². The third kappa shape index (κ3) is 2.52. The molecule has 0 atom stereocenters. The number of carbonyl (C=O) groups is 1. The van der Waals surface area contributed by atoms with Crippen LogP contribution in [-0.4, -0.2) is 15.7 Å². The summed E-state index contributed by atoms with van der Waals surface area (Å²) in [4.78, 5) is 11.4. The molecule has 1 saturated carbocycles. The molecule has 0 bridgehead atoms. The minimum absolute atomic E-state index is 0.385. The summed E-state index contributed by atoms with van der Waals surface area (Å²) in [5, 5.41) is 4.37. The van der Waals surface area contributed by atoms with Crippen LogP contribution in [-0.2, 0) is 6.54 Å². The number of rotatable bonds is 4. The number of primary amides is 1. The zero-order valence-electron chi connectivity index (χ0n) is 11.0. The Hall–Kier alpha value is -2.10. The van der Waals surface area contributed by atoms with E-state index in [0.717, 1.165) is 29.2 Å². The van der Waals surface area contributed by atoms with E-state index in [1.165, 1.54) is 12.8 Å². The van der Waals surface area contributed by atoms with Gasteiger partial charge in [0.05, 0.1) is 6.20 Å². The Kier molecular flexibility index (Phi) is 2.85. The van der Waals surface area contributed by atoms with Gasteiger partial charge in [0.25, 0.3) is 0 Å². The fraction of sp³-hybridized carbons (Fsp3) is 0.333. The minimum atomic E-state index is -0.385. The van der Waals surface area contributed by atoms with Crippen molar-refractivity contribution in [3.63, 3.8) is 0 Å². The van der Waals surface area contributed by atoms with Crippen LogP contribution in [0.2, 0.25) is 0 Å². The maximum atomic E-state index is 11.4. The first-order valence-corrected chi connectivity index (χ1v) is 6.57. The number of amides is 1. The van der Waals surface area contributed by atoms with Crippen molar-refractivity contribution >= 4 is 5.91 Å². The zero-order chi connectivity index (χ0) is 13.4. The molecule has 0 spiro atoms. The van der Waals surface area contributed by atoms with Crippen molar-refractivity contribution in [3.05, 3.63) is 41.7 Å². The van der Waals surface area contributed by atoms with Crippen LogP contribution in [0.1, 0.15) is 28.8 Å². The maximum Gasteiger partial charge on any atom is 0.248 e. The van der Waals surface area contributed by atoms with Gasteiger partial charge >= 0.3 is 0 Å². The Bertz CT molecular complexity index is 626. The number of nitrogens with zero attached hydrogens (tertiary/aromatic N) is 2. The van der Waals surface area contributed by atoms with Gasteiger partial charge in [-0.3, -0.25) is 9.48 Å². The highest BCUT2D eigenvalue weighted by atomic mass is 16.1. The molecule has 1 aromatic heterocycles. The van der Waals surface area contributed by atoms with Gasteiger partial charge in [0.2, 0.25) is 5.91 Å². The van der Waals surface area contributed by atoms with Gasteiger partial charge in [-0.25, -0.2) is 0 Å². The second kappa shape index (κ2) is 4.53. The molecule has 0 saturated heterocycles. The summed E-state index contributed by atoms with van der Waals surface area (Å²) in [6.07, 6.45) is 6.50. The summed E-state index contributed by atoms with van der Waals surface area (Å²) in [6, 6.07) is 5.77. The van der Waals surface area contributed by atoms with Gasteiger partial charge < -0.3 is 5.73 Å². The van der Waals surface area contributed by atoms with Crippen molar-refractivity contribution < 1.29 is 4.79 Å². The third-order valence-electron chi connectivity index (χ3n) is 3.61. The summed E-state index contributed by atoms with van der Waals surface area (Å²) < 4.78 is 1.98. The predicted molar refractivity (Wildman–Crippen MR) is 73.6 cm³/mol. The first kappa shape index (κ1) is 12.0. The van der Waals surface area contributed by atoms with E-state index in [2.05, 4.69) is 5.10 Å². The van der Waals surface area contributed by atoms with Gasteiger partial charge in [-0.1, -0.05) is 12.1 Å². The predicted octanol–water partition coefficient (Wildman–Crippen LogP) is 2.37. The van der Waals surface area contributed by atoms with Crippen molar-refractivity contribution in [2.45, 2.75) is 26.3 Å². The summed E-state index contributed by atoms with van der Waals surface area (Å²) in [7, 11) is 0. The molecule has 1 fully saturated rings. The normalized spacial score (nSPS) is 14.6. The highest BCUT2D eigenvalue weighted by Gasteiger charge is 2.22. The summed E-state index contributed by atoms with van der Waals surface area (Å²) in [6.45, 7) is 2.88. The lowest BCUT2D eigenvalue weighted by Crippen LogP contribution is -2.12. The molecule has 0 radical (unpaired) electrons. The summed E-state index contributed by atoms with van der Waals surface area (Å²) >= 11 is 0. The van der Waals surface area contributed by atoms with Crippen LogP contribution in [0.4, 0.5) is 0 Å². The number of carbonyl (C=O) groups excluding carboxylic acids is 1. The smallest absolute Gasteiger partial charge is 0.248 e. The summed E-state index contributed by atoms with van der Waals surface area (Å²) in [5.74, 6) is 0.414. The molecule has 0 aliphatic heterocycles. The van der Waals surface area contributed by atoms with Gasteiger partial charge in [0.1, 0.15) is 0 Å². The van der Waals surface area contributed by atoms with E-state index in [1.54, 1.807) is 0 Å².